The number of ether oxygens (including phenoxy) is 2. The number of hydrogen-bond acceptors (Lipinski definition) is 3. The summed E-state index contributed by atoms with van der Waals surface area (Å²) in [6.45, 7) is 2.06. The smallest absolute Gasteiger partial charge is 0.168 e. The molecule has 1 saturated carbocycles. The summed E-state index contributed by atoms with van der Waals surface area (Å²) < 4.78 is 26.2. The van der Waals surface area contributed by atoms with Crippen molar-refractivity contribution >= 4 is 15.9 Å². The number of hydrogen-bond donors (Lipinski definition) is 0. The van der Waals surface area contributed by atoms with Crippen LogP contribution in [0, 0.1) is 5.82 Å². The van der Waals surface area contributed by atoms with E-state index < -0.39 is 0 Å². The minimum atomic E-state index is -0.319. The fourth-order valence-electron chi connectivity index (χ4n) is 3.32. The van der Waals surface area contributed by atoms with Crippen LogP contribution in [0.25, 0.3) is 0 Å². The zero-order chi connectivity index (χ0) is 14.9. The van der Waals surface area contributed by atoms with E-state index in [4.69, 9.17) is 9.47 Å². The summed E-state index contributed by atoms with van der Waals surface area (Å²) >= 11 is 3.29. The van der Waals surface area contributed by atoms with Gasteiger partial charge in [0.25, 0.3) is 0 Å². The maximum atomic E-state index is 13.9. The molecule has 0 atom stereocenters. The Morgan fingerprint density at radius 1 is 1.29 bits per heavy atom. The number of halogens is 2. The van der Waals surface area contributed by atoms with E-state index in [1.165, 1.54) is 6.07 Å². The van der Waals surface area contributed by atoms with Gasteiger partial charge in [0.2, 0.25) is 0 Å². The largest absolute Gasteiger partial charge is 0.348 e. The molecule has 0 unspecified atom stereocenters. The summed E-state index contributed by atoms with van der Waals surface area (Å²) in [6.07, 6.45) is 3.94. The lowest BCUT2D eigenvalue weighted by molar-refractivity contribution is -0.183. The van der Waals surface area contributed by atoms with E-state index in [2.05, 4.69) is 27.9 Å². The van der Waals surface area contributed by atoms with Crippen LogP contribution in [-0.2, 0) is 16.0 Å². The van der Waals surface area contributed by atoms with Crippen LogP contribution in [0.3, 0.4) is 0 Å². The summed E-state index contributed by atoms with van der Waals surface area (Å²) in [5.74, 6) is -0.467. The van der Waals surface area contributed by atoms with Gasteiger partial charge in [0.1, 0.15) is 5.82 Å². The molecular formula is C16H21BrFNO2. The summed E-state index contributed by atoms with van der Waals surface area (Å²) in [4.78, 5) is 2.24. The van der Waals surface area contributed by atoms with Crippen LogP contribution in [0.1, 0.15) is 31.2 Å². The first-order valence-electron chi connectivity index (χ1n) is 7.50. The van der Waals surface area contributed by atoms with Gasteiger partial charge in [-0.2, -0.15) is 0 Å². The van der Waals surface area contributed by atoms with Crippen LogP contribution in [0.4, 0.5) is 4.39 Å². The van der Waals surface area contributed by atoms with Crippen LogP contribution in [0.2, 0.25) is 0 Å². The third kappa shape index (κ3) is 3.47. The predicted molar refractivity (Wildman–Crippen MR) is 82.5 cm³/mol. The predicted octanol–water partition coefficient (Wildman–Crippen LogP) is 3.71. The van der Waals surface area contributed by atoms with Gasteiger partial charge in [0.15, 0.2) is 5.79 Å². The lowest BCUT2D eigenvalue weighted by Crippen LogP contribution is -2.42. The minimum absolute atomic E-state index is 0.147. The fourth-order valence-corrected chi connectivity index (χ4v) is 3.65. The van der Waals surface area contributed by atoms with Crippen molar-refractivity contribution in [3.63, 3.8) is 0 Å². The molecule has 1 aliphatic carbocycles. The quantitative estimate of drug-likeness (QED) is 0.822. The van der Waals surface area contributed by atoms with Gasteiger partial charge in [-0.15, -0.1) is 0 Å². The molecule has 5 heteroatoms. The second-order valence-corrected chi connectivity index (χ2v) is 6.91. The van der Waals surface area contributed by atoms with Crippen molar-refractivity contribution in [2.24, 2.45) is 0 Å². The Morgan fingerprint density at radius 2 is 1.95 bits per heavy atom. The first kappa shape index (κ1) is 15.4. The monoisotopic (exact) mass is 357 g/mol. The molecular weight excluding hydrogens is 337 g/mol. The standard InChI is InChI=1S/C16H21BrFNO2/c1-19(11-12-2-3-13(17)10-15(12)18)14-4-6-16(7-5-14)20-8-9-21-16/h2-3,10,14H,4-9,11H2,1H3. The molecule has 1 aliphatic heterocycles. The maximum absolute atomic E-state index is 13.9. The van der Waals surface area contributed by atoms with E-state index in [1.54, 1.807) is 0 Å². The zero-order valence-corrected chi connectivity index (χ0v) is 13.9. The van der Waals surface area contributed by atoms with E-state index in [0.29, 0.717) is 25.8 Å². The summed E-state index contributed by atoms with van der Waals surface area (Å²) in [7, 11) is 2.07. The van der Waals surface area contributed by atoms with Crippen molar-refractivity contribution in [1.29, 1.82) is 0 Å². The molecule has 2 fully saturated rings. The molecule has 1 spiro atoms. The summed E-state index contributed by atoms with van der Waals surface area (Å²) in [6, 6.07) is 5.73. The van der Waals surface area contributed by atoms with Crippen molar-refractivity contribution in [2.45, 2.75) is 44.1 Å². The fraction of sp³-hybridized carbons (Fsp3) is 0.625. The van der Waals surface area contributed by atoms with Crippen LogP contribution >= 0.6 is 15.9 Å². The topological polar surface area (TPSA) is 21.7 Å². The van der Waals surface area contributed by atoms with Crippen LogP contribution in [0.5, 0.6) is 0 Å². The highest BCUT2D eigenvalue weighted by atomic mass is 79.9. The van der Waals surface area contributed by atoms with Gasteiger partial charge in [-0.25, -0.2) is 4.39 Å². The highest BCUT2D eigenvalue weighted by molar-refractivity contribution is 9.10. The third-order valence-electron chi connectivity index (χ3n) is 4.59. The van der Waals surface area contributed by atoms with Crippen molar-refractivity contribution in [3.05, 3.63) is 34.1 Å². The highest BCUT2D eigenvalue weighted by Gasteiger charge is 2.41. The van der Waals surface area contributed by atoms with Crippen molar-refractivity contribution in [3.8, 4) is 0 Å². The minimum Gasteiger partial charge on any atom is -0.348 e. The van der Waals surface area contributed by atoms with Crippen molar-refractivity contribution < 1.29 is 13.9 Å². The Balaban J connectivity index is 1.57. The van der Waals surface area contributed by atoms with Gasteiger partial charge in [-0.3, -0.25) is 4.90 Å². The molecule has 0 amide bonds. The molecule has 0 aromatic heterocycles. The van der Waals surface area contributed by atoms with E-state index in [-0.39, 0.29) is 11.6 Å². The Morgan fingerprint density at radius 3 is 2.57 bits per heavy atom. The molecule has 1 heterocycles. The normalized spacial score (nSPS) is 22.3. The van der Waals surface area contributed by atoms with Gasteiger partial charge < -0.3 is 9.47 Å². The molecule has 3 rings (SSSR count). The first-order valence-corrected chi connectivity index (χ1v) is 8.29. The molecule has 2 aliphatic rings. The van der Waals surface area contributed by atoms with Crippen LogP contribution < -0.4 is 0 Å². The molecule has 116 valence electrons. The molecule has 0 N–H and O–H groups in total. The Labute approximate surface area is 133 Å². The first-order chi connectivity index (χ1) is 10.1. The van der Waals surface area contributed by atoms with Crippen LogP contribution in [-0.4, -0.2) is 37.0 Å². The van der Waals surface area contributed by atoms with Crippen molar-refractivity contribution in [1.82, 2.24) is 4.90 Å². The van der Waals surface area contributed by atoms with Gasteiger partial charge in [0, 0.05) is 35.5 Å². The van der Waals surface area contributed by atoms with Crippen LogP contribution in [0.15, 0.2) is 22.7 Å². The second kappa shape index (κ2) is 6.32. The average Bonchev–Trinajstić information content (AvgIpc) is 2.91. The van der Waals surface area contributed by atoms with Crippen molar-refractivity contribution in [2.75, 3.05) is 20.3 Å². The number of nitrogens with zero attached hydrogens (tertiary/aromatic N) is 1. The number of benzene rings is 1. The van der Waals surface area contributed by atoms with Gasteiger partial charge >= 0.3 is 0 Å². The maximum Gasteiger partial charge on any atom is 0.168 e. The molecule has 1 aromatic carbocycles. The van der Waals surface area contributed by atoms with E-state index in [0.717, 1.165) is 35.7 Å². The molecule has 21 heavy (non-hydrogen) atoms. The van der Waals surface area contributed by atoms with E-state index >= 15 is 0 Å². The summed E-state index contributed by atoms with van der Waals surface area (Å²) in [5, 5.41) is 0. The third-order valence-corrected chi connectivity index (χ3v) is 5.08. The second-order valence-electron chi connectivity index (χ2n) is 5.99. The Kier molecular flexibility index (Phi) is 4.64. The van der Waals surface area contributed by atoms with E-state index in [1.807, 2.05) is 12.1 Å². The lowest BCUT2D eigenvalue weighted by atomic mass is 9.89. The zero-order valence-electron chi connectivity index (χ0n) is 12.3. The van der Waals surface area contributed by atoms with E-state index in [9.17, 15) is 4.39 Å². The molecule has 0 bridgehead atoms. The average molecular weight is 358 g/mol. The van der Waals surface area contributed by atoms with Gasteiger partial charge in [0.05, 0.1) is 13.2 Å². The molecule has 0 radical (unpaired) electrons. The highest BCUT2D eigenvalue weighted by Crippen LogP contribution is 2.37. The number of rotatable bonds is 3. The lowest BCUT2D eigenvalue weighted by Gasteiger charge is -2.39. The summed E-state index contributed by atoms with van der Waals surface area (Å²) in [5.41, 5.74) is 0.745. The molecule has 3 nitrogen and oxygen atoms in total. The van der Waals surface area contributed by atoms with Gasteiger partial charge in [-0.1, -0.05) is 22.0 Å². The molecule has 1 aromatic rings. The SMILES string of the molecule is CN(Cc1ccc(Br)cc1F)C1CCC2(CC1)OCCO2. The Hall–Kier alpha value is -0.490. The Bertz CT molecular complexity index is 495. The van der Waals surface area contributed by atoms with Gasteiger partial charge in [-0.05, 0) is 32.0 Å². The molecule has 1 saturated heterocycles.